The van der Waals surface area contributed by atoms with Gasteiger partial charge < -0.3 is 0 Å². The molecule has 0 amide bonds. The van der Waals surface area contributed by atoms with Crippen molar-refractivity contribution in [3.63, 3.8) is 0 Å². The van der Waals surface area contributed by atoms with Crippen LogP contribution >= 0.6 is 39.4 Å². The molecule has 0 aromatic heterocycles. The molecule has 0 N–H and O–H groups in total. The third kappa shape index (κ3) is 4.37. The maximum Gasteiger partial charge on any atom is 0 e. The van der Waals surface area contributed by atoms with E-state index in [0.29, 0.717) is 0 Å². The molecule has 0 fully saturated rings. The zero-order valence-corrected chi connectivity index (χ0v) is 11.0. The van der Waals surface area contributed by atoms with E-state index in [-0.39, 0.29) is 24.0 Å². The average molecular weight is 375 g/mol. The minimum absolute atomic E-state index is 0. The normalized spacial score (nSPS) is 10.1. The van der Waals surface area contributed by atoms with Crippen LogP contribution in [0.2, 0.25) is 0 Å². The number of hydrogen-bond donors (Lipinski definition) is 0. The van der Waals surface area contributed by atoms with E-state index in [4.69, 9.17) is 0 Å². The van der Waals surface area contributed by atoms with Crippen molar-refractivity contribution in [1.29, 1.82) is 0 Å². The summed E-state index contributed by atoms with van der Waals surface area (Å²) in [6.45, 7) is 1.00. The molecule has 0 saturated carbocycles. The zero-order valence-electron chi connectivity index (χ0n) is 5.16. The van der Waals surface area contributed by atoms with Crippen LogP contribution in [0.25, 0.3) is 0 Å². The molecule has 0 aliphatic heterocycles. The van der Waals surface area contributed by atoms with Crippen LogP contribution in [0.3, 0.4) is 0 Å². The van der Waals surface area contributed by atoms with Crippen molar-refractivity contribution >= 4 is 43.4 Å². The van der Waals surface area contributed by atoms with Gasteiger partial charge in [0.25, 0.3) is 0 Å². The van der Waals surface area contributed by atoms with Crippen LogP contribution in [-0.2, 0) is 17.5 Å². The molecule has 0 nitrogen and oxygen atoms in total. The minimum atomic E-state index is 0. The molecule has 2 unspecified atom stereocenters. The van der Waals surface area contributed by atoms with Crippen LogP contribution in [0.5, 0.6) is 0 Å². The molecule has 4 heteroatoms. The van der Waals surface area contributed by atoms with Crippen molar-refractivity contribution < 1.29 is 17.5 Å². The van der Waals surface area contributed by atoms with Gasteiger partial charge in [0, 0.05) is 24.0 Å². The van der Waals surface area contributed by atoms with Crippen LogP contribution in [0.15, 0.2) is 30.3 Å². The van der Waals surface area contributed by atoms with E-state index < -0.39 is 0 Å². The monoisotopic (exact) mass is 375 g/mol. The van der Waals surface area contributed by atoms with Gasteiger partial charge in [0.05, 0.1) is 0 Å². The Morgan fingerprint density at radius 2 is 1.80 bits per heavy atom. The van der Waals surface area contributed by atoms with Crippen LogP contribution in [0, 0.1) is 0 Å². The fourth-order valence-corrected chi connectivity index (χ4v) is 4.44. The number of benzene rings is 1. The molecule has 0 aliphatic carbocycles. The first-order valence-corrected chi connectivity index (χ1v) is 8.25. The second-order valence-electron chi connectivity index (χ2n) is 1.43. The summed E-state index contributed by atoms with van der Waals surface area (Å²) in [5.74, 6) is 0. The third-order valence-electron chi connectivity index (χ3n) is 0.849. The molecule has 0 spiro atoms. The molecule has 0 heterocycles. The van der Waals surface area contributed by atoms with Gasteiger partial charge >= 0.3 is 67.2 Å². The van der Waals surface area contributed by atoms with E-state index in [0.717, 1.165) is 23.9 Å². The molecular weight excluding hydrogens is 367 g/mol. The smallest absolute Gasteiger partial charge is 0 e. The molecule has 1 aromatic rings. The van der Waals surface area contributed by atoms with Gasteiger partial charge in [0.1, 0.15) is 0 Å². The first kappa shape index (κ1) is 11.5. The Morgan fingerprint density at radius 3 is 2.30 bits per heavy atom. The van der Waals surface area contributed by atoms with E-state index in [2.05, 4.69) is 39.3 Å². The molecule has 0 saturated heterocycles. The Labute approximate surface area is 90.5 Å². The van der Waals surface area contributed by atoms with Crippen molar-refractivity contribution in [2.75, 3.05) is 0 Å². The summed E-state index contributed by atoms with van der Waals surface area (Å²) in [5, 5.41) is 0. The minimum Gasteiger partial charge on any atom is 0 e. The number of halogens is 1. The summed E-state index contributed by atoms with van der Waals surface area (Å²) in [7, 11) is 2.78. The van der Waals surface area contributed by atoms with Gasteiger partial charge in [-0.2, -0.15) is 0 Å². The zero-order chi connectivity index (χ0) is 6.53. The Kier molecular flexibility index (Phi) is 8.19. The topological polar surface area (TPSA) is 0 Å². The molecule has 59 valence electrons. The van der Waals surface area contributed by atoms with Crippen molar-refractivity contribution in [3.8, 4) is 0 Å². The third-order valence-corrected chi connectivity index (χ3v) is 5.28. The molecule has 1 aromatic carbocycles. The van der Waals surface area contributed by atoms with E-state index in [9.17, 15) is 0 Å². The van der Waals surface area contributed by atoms with Crippen molar-refractivity contribution in [2.45, 2.75) is 0 Å². The second-order valence-corrected chi connectivity index (χ2v) is 8.42. The largest absolute Gasteiger partial charge is 0 e. The summed E-state index contributed by atoms with van der Waals surface area (Å²) in [6.07, 6.45) is 0. The standard InChI is InChI=1S/C6H5.I.H3P2.Pd/c1-2-4-6-5-3-1;;1-2;/h1-5H;;1H,2H2;/q;;-1;+1. The van der Waals surface area contributed by atoms with Crippen LogP contribution in [-0.4, -0.2) is 0 Å². The van der Waals surface area contributed by atoms with Gasteiger partial charge in [-0.05, 0) is 0 Å². The van der Waals surface area contributed by atoms with Crippen molar-refractivity contribution in [2.24, 2.45) is 0 Å². The first-order chi connectivity index (χ1) is 4.43. The van der Waals surface area contributed by atoms with Crippen LogP contribution in [0.1, 0.15) is 0 Å². The molecule has 0 bridgehead atoms. The summed E-state index contributed by atoms with van der Waals surface area (Å²) in [5.41, 5.74) is 0. The Bertz CT molecular complexity index is 169. The number of hydrogen-bond acceptors (Lipinski definition) is 0. The maximum atomic E-state index is 2.78. The van der Waals surface area contributed by atoms with E-state index >= 15 is 0 Å². The predicted octanol–water partition coefficient (Wildman–Crippen LogP) is 2.66. The Balaban J connectivity index is 0.000000810. The van der Waals surface area contributed by atoms with E-state index in [1.165, 1.54) is 4.04 Å². The predicted molar refractivity (Wildman–Crippen MR) is 58.1 cm³/mol. The van der Waals surface area contributed by atoms with Gasteiger partial charge in [0.2, 0.25) is 0 Å². The summed E-state index contributed by atoms with van der Waals surface area (Å²) >= 11 is 0.800. The molecule has 2 atom stereocenters. The van der Waals surface area contributed by atoms with E-state index in [1.54, 1.807) is 0 Å². The Morgan fingerprint density at radius 1 is 1.20 bits per heavy atom. The molecule has 1 rings (SSSR count). The second kappa shape index (κ2) is 7.14. The first-order valence-electron chi connectivity index (χ1n) is 2.52. The van der Waals surface area contributed by atoms with Crippen LogP contribution in [0.4, 0.5) is 0 Å². The van der Waals surface area contributed by atoms with Gasteiger partial charge in [-0.15, -0.1) is 0 Å². The van der Waals surface area contributed by atoms with Crippen molar-refractivity contribution in [3.05, 3.63) is 30.3 Å². The molecular formula is C6H8IP2Pd. The summed E-state index contributed by atoms with van der Waals surface area (Å²) < 4.78 is 1.49. The molecule has 0 aliphatic rings. The Hall–Kier alpha value is 1.47. The summed E-state index contributed by atoms with van der Waals surface area (Å²) in [6, 6.07) is 10.6. The van der Waals surface area contributed by atoms with E-state index in [1.807, 2.05) is 0 Å². The van der Waals surface area contributed by atoms with Crippen LogP contribution < -0.4 is 4.04 Å². The summed E-state index contributed by atoms with van der Waals surface area (Å²) in [4.78, 5) is 0. The van der Waals surface area contributed by atoms with Crippen molar-refractivity contribution in [1.82, 2.24) is 0 Å². The van der Waals surface area contributed by atoms with Gasteiger partial charge in [-0.3, -0.25) is 0 Å². The molecule has 1 radical (unpaired) electrons. The quantitative estimate of drug-likeness (QED) is 0.424. The fraction of sp³-hybridized carbons (Fsp3) is 0. The molecule has 10 heavy (non-hydrogen) atoms. The van der Waals surface area contributed by atoms with Gasteiger partial charge in [-0.1, -0.05) is 0 Å². The SMILES string of the molecule is P[PH][Pd][c]1ccccc1.[I]. The maximum absolute atomic E-state index is 2.78. The fourth-order valence-electron chi connectivity index (χ4n) is 0.508. The number of rotatable bonds is 2. The van der Waals surface area contributed by atoms with Gasteiger partial charge in [0.15, 0.2) is 0 Å². The van der Waals surface area contributed by atoms with Gasteiger partial charge in [-0.25, -0.2) is 0 Å². The average Bonchev–Trinajstić information content (AvgIpc) is 1.91.